The average Bonchev–Trinajstić information content (AvgIpc) is 2.90. The van der Waals surface area contributed by atoms with E-state index in [1.54, 1.807) is 6.92 Å². The summed E-state index contributed by atoms with van der Waals surface area (Å²) in [6.07, 6.45) is 0.533. The van der Waals surface area contributed by atoms with Crippen molar-refractivity contribution in [3.05, 3.63) is 17.5 Å². The zero-order chi connectivity index (χ0) is 15.2. The van der Waals surface area contributed by atoms with E-state index in [1.807, 2.05) is 10.7 Å². The van der Waals surface area contributed by atoms with E-state index in [0.29, 0.717) is 31.2 Å². The van der Waals surface area contributed by atoms with Crippen LogP contribution in [0.25, 0.3) is 0 Å². The number of rotatable bonds is 2. The van der Waals surface area contributed by atoms with Crippen molar-refractivity contribution in [3.63, 3.8) is 0 Å². The molecule has 1 aromatic rings. The fourth-order valence-corrected chi connectivity index (χ4v) is 3.29. The van der Waals surface area contributed by atoms with Gasteiger partial charge < -0.3 is 5.32 Å². The molecule has 6 nitrogen and oxygen atoms in total. The molecular formula is C15H22N4O2. The summed E-state index contributed by atoms with van der Waals surface area (Å²) in [4.78, 5) is 25.7. The first-order valence-electron chi connectivity index (χ1n) is 7.47. The maximum atomic E-state index is 11.7. The Hall–Kier alpha value is -1.69. The van der Waals surface area contributed by atoms with E-state index in [2.05, 4.69) is 29.2 Å². The van der Waals surface area contributed by atoms with E-state index in [9.17, 15) is 9.59 Å². The van der Waals surface area contributed by atoms with Gasteiger partial charge in [-0.05, 0) is 19.9 Å². The highest BCUT2D eigenvalue weighted by Gasteiger charge is 2.43. The van der Waals surface area contributed by atoms with Gasteiger partial charge in [-0.2, -0.15) is 5.10 Å². The van der Waals surface area contributed by atoms with Crippen molar-refractivity contribution in [2.45, 2.75) is 46.3 Å². The number of carbonyl (C=O) groups is 2. The van der Waals surface area contributed by atoms with E-state index in [1.165, 1.54) is 0 Å². The molecule has 1 aromatic heterocycles. The number of aromatic nitrogens is 2. The Kier molecular flexibility index (Phi) is 3.36. The SMILES string of the molecule is CC(=O)c1cc2n(n1)CC1(CNC(=O)C1)CN(C(C)C)C2. The first-order valence-corrected chi connectivity index (χ1v) is 7.47. The summed E-state index contributed by atoms with van der Waals surface area (Å²) < 4.78 is 1.93. The molecular weight excluding hydrogens is 268 g/mol. The van der Waals surface area contributed by atoms with Gasteiger partial charge in [0.1, 0.15) is 5.69 Å². The highest BCUT2D eigenvalue weighted by Crippen LogP contribution is 2.34. The Balaban J connectivity index is 1.99. The van der Waals surface area contributed by atoms with Crippen LogP contribution in [0.5, 0.6) is 0 Å². The fraction of sp³-hybridized carbons (Fsp3) is 0.667. The van der Waals surface area contributed by atoms with Gasteiger partial charge in [0, 0.05) is 44.4 Å². The van der Waals surface area contributed by atoms with E-state index in [4.69, 9.17) is 0 Å². The van der Waals surface area contributed by atoms with Gasteiger partial charge in [-0.25, -0.2) is 0 Å². The molecule has 1 N–H and O–H groups in total. The summed E-state index contributed by atoms with van der Waals surface area (Å²) in [6, 6.07) is 2.28. The van der Waals surface area contributed by atoms with Crippen molar-refractivity contribution in [1.29, 1.82) is 0 Å². The number of carbonyl (C=O) groups excluding carboxylic acids is 2. The normalized spacial score (nSPS) is 26.0. The molecule has 0 aromatic carbocycles. The molecule has 3 rings (SSSR count). The van der Waals surface area contributed by atoms with Crippen molar-refractivity contribution < 1.29 is 9.59 Å². The molecule has 2 aliphatic heterocycles. The highest BCUT2D eigenvalue weighted by atomic mass is 16.2. The number of Topliss-reactive ketones (excluding diaryl/α,β-unsaturated/α-hetero) is 1. The number of amides is 1. The predicted molar refractivity (Wildman–Crippen MR) is 77.8 cm³/mol. The first kappa shape index (κ1) is 14.3. The number of hydrogen-bond acceptors (Lipinski definition) is 4. The van der Waals surface area contributed by atoms with Gasteiger partial charge in [0.25, 0.3) is 0 Å². The molecule has 2 aliphatic rings. The smallest absolute Gasteiger partial charge is 0.220 e. The third kappa shape index (κ3) is 2.60. The molecule has 1 amide bonds. The van der Waals surface area contributed by atoms with Crippen LogP contribution in [-0.4, -0.2) is 45.5 Å². The highest BCUT2D eigenvalue weighted by molar-refractivity contribution is 5.92. The minimum atomic E-state index is -0.118. The molecule has 1 spiro atoms. The molecule has 114 valence electrons. The molecule has 0 aliphatic carbocycles. The Labute approximate surface area is 124 Å². The lowest BCUT2D eigenvalue weighted by atomic mass is 9.86. The van der Waals surface area contributed by atoms with Gasteiger partial charge in [0.15, 0.2) is 5.78 Å². The van der Waals surface area contributed by atoms with Crippen LogP contribution >= 0.6 is 0 Å². The summed E-state index contributed by atoms with van der Waals surface area (Å²) >= 11 is 0. The number of nitrogens with one attached hydrogen (secondary N) is 1. The lowest BCUT2D eigenvalue weighted by Gasteiger charge is -2.33. The molecule has 6 heteroatoms. The molecule has 0 saturated carbocycles. The van der Waals surface area contributed by atoms with Crippen molar-refractivity contribution in [2.24, 2.45) is 5.41 Å². The van der Waals surface area contributed by atoms with Gasteiger partial charge in [0.2, 0.25) is 5.91 Å². The monoisotopic (exact) mass is 290 g/mol. The molecule has 0 bridgehead atoms. The van der Waals surface area contributed by atoms with Crippen LogP contribution in [-0.2, 0) is 17.9 Å². The number of hydrogen-bond donors (Lipinski definition) is 1. The van der Waals surface area contributed by atoms with E-state index >= 15 is 0 Å². The predicted octanol–water partition coefficient (Wildman–Crippen LogP) is 0.816. The standard InChI is InChI=1S/C15H22N4O2/c1-10(2)18-6-12-4-13(11(3)20)17-19(12)9-15(8-18)5-14(21)16-7-15/h4,10H,5-9H2,1-3H3,(H,16,21). The summed E-state index contributed by atoms with van der Waals surface area (Å²) in [5.74, 6) is 0.0995. The summed E-state index contributed by atoms with van der Waals surface area (Å²) in [6.45, 7) is 8.89. The van der Waals surface area contributed by atoms with Crippen LogP contribution in [0.1, 0.15) is 43.4 Å². The maximum Gasteiger partial charge on any atom is 0.220 e. The van der Waals surface area contributed by atoms with Crippen LogP contribution in [0.3, 0.4) is 0 Å². The minimum Gasteiger partial charge on any atom is -0.355 e. The lowest BCUT2D eigenvalue weighted by Crippen LogP contribution is -2.42. The van der Waals surface area contributed by atoms with Gasteiger partial charge in [0.05, 0.1) is 12.2 Å². The molecule has 1 saturated heterocycles. The minimum absolute atomic E-state index is 0.0126. The van der Waals surface area contributed by atoms with Gasteiger partial charge in [-0.15, -0.1) is 0 Å². The second kappa shape index (κ2) is 4.94. The maximum absolute atomic E-state index is 11.7. The van der Waals surface area contributed by atoms with Gasteiger partial charge in [-0.1, -0.05) is 0 Å². The molecule has 1 unspecified atom stereocenters. The third-order valence-electron chi connectivity index (χ3n) is 4.54. The Morgan fingerprint density at radius 2 is 2.19 bits per heavy atom. The van der Waals surface area contributed by atoms with Crippen molar-refractivity contribution >= 4 is 11.7 Å². The molecule has 1 fully saturated rings. The van der Waals surface area contributed by atoms with E-state index in [0.717, 1.165) is 18.8 Å². The van der Waals surface area contributed by atoms with Gasteiger partial charge >= 0.3 is 0 Å². The number of fused-ring (bicyclic) bond motifs is 1. The second-order valence-electron chi connectivity index (χ2n) is 6.69. The van der Waals surface area contributed by atoms with Crippen molar-refractivity contribution in [3.8, 4) is 0 Å². The van der Waals surface area contributed by atoms with Crippen LogP contribution < -0.4 is 5.32 Å². The third-order valence-corrected chi connectivity index (χ3v) is 4.54. The molecule has 3 heterocycles. The average molecular weight is 290 g/mol. The fourth-order valence-electron chi connectivity index (χ4n) is 3.29. The second-order valence-corrected chi connectivity index (χ2v) is 6.69. The Morgan fingerprint density at radius 3 is 2.76 bits per heavy atom. The van der Waals surface area contributed by atoms with E-state index in [-0.39, 0.29) is 17.1 Å². The largest absolute Gasteiger partial charge is 0.355 e. The van der Waals surface area contributed by atoms with Crippen LogP contribution in [0.2, 0.25) is 0 Å². The van der Waals surface area contributed by atoms with Crippen molar-refractivity contribution in [1.82, 2.24) is 20.0 Å². The first-order chi connectivity index (χ1) is 9.88. The topological polar surface area (TPSA) is 67.2 Å². The van der Waals surface area contributed by atoms with E-state index < -0.39 is 0 Å². The van der Waals surface area contributed by atoms with Crippen LogP contribution in [0.4, 0.5) is 0 Å². The lowest BCUT2D eigenvalue weighted by molar-refractivity contribution is -0.119. The molecule has 1 atom stereocenters. The van der Waals surface area contributed by atoms with Crippen molar-refractivity contribution in [2.75, 3.05) is 13.1 Å². The summed E-state index contributed by atoms with van der Waals surface area (Å²) in [7, 11) is 0. The molecule has 21 heavy (non-hydrogen) atoms. The summed E-state index contributed by atoms with van der Waals surface area (Å²) in [5.41, 5.74) is 1.46. The number of nitrogens with zero attached hydrogens (tertiary/aromatic N) is 3. The molecule has 0 radical (unpaired) electrons. The number of ketones is 1. The van der Waals surface area contributed by atoms with Crippen LogP contribution in [0, 0.1) is 5.41 Å². The zero-order valence-electron chi connectivity index (χ0n) is 12.8. The summed E-state index contributed by atoms with van der Waals surface area (Å²) in [5, 5.41) is 7.40. The Bertz CT molecular complexity index is 592. The Morgan fingerprint density at radius 1 is 1.43 bits per heavy atom. The van der Waals surface area contributed by atoms with Gasteiger partial charge in [-0.3, -0.25) is 19.2 Å². The zero-order valence-corrected chi connectivity index (χ0v) is 12.8. The van der Waals surface area contributed by atoms with Crippen LogP contribution in [0.15, 0.2) is 6.07 Å². The quantitative estimate of drug-likeness (QED) is 0.819.